The summed E-state index contributed by atoms with van der Waals surface area (Å²) in [4.78, 5) is 20.3. The number of amides is 1. The predicted molar refractivity (Wildman–Crippen MR) is 104 cm³/mol. The second-order valence-corrected chi connectivity index (χ2v) is 7.72. The topological polar surface area (TPSA) is 64.1 Å². The smallest absolute Gasteiger partial charge is 0.417 e. The third-order valence-corrected chi connectivity index (χ3v) is 5.85. The minimum Gasteiger partial charge on any atom is -0.439 e. The van der Waals surface area contributed by atoms with Crippen LogP contribution in [0.5, 0.6) is 11.6 Å². The Morgan fingerprint density at radius 1 is 1.17 bits per heavy atom. The van der Waals surface area contributed by atoms with Crippen molar-refractivity contribution in [3.05, 3.63) is 59.9 Å². The number of rotatable bonds is 5. The van der Waals surface area contributed by atoms with Gasteiger partial charge in [-0.2, -0.15) is 24.9 Å². The van der Waals surface area contributed by atoms with E-state index < -0.39 is 11.7 Å². The molecular formula is C20H16F3N3O2S. The number of benzene rings is 1. The molecule has 29 heavy (non-hydrogen) atoms. The molecule has 1 aromatic carbocycles. The molecule has 4 rings (SSSR count). The molecule has 0 aliphatic carbocycles. The number of hydrogen-bond acceptors (Lipinski definition) is 5. The van der Waals surface area contributed by atoms with Gasteiger partial charge in [-0.3, -0.25) is 4.79 Å². The first-order valence-corrected chi connectivity index (χ1v) is 10.0. The molecule has 0 spiro atoms. The maximum Gasteiger partial charge on any atom is 0.417 e. The molecular weight excluding hydrogens is 403 g/mol. The number of nitrogens with zero attached hydrogens (tertiary/aromatic N) is 2. The largest absolute Gasteiger partial charge is 0.439 e. The third kappa shape index (κ3) is 4.61. The molecule has 0 atom stereocenters. The van der Waals surface area contributed by atoms with Crippen LogP contribution in [0.1, 0.15) is 16.1 Å². The molecule has 1 amide bonds. The summed E-state index contributed by atoms with van der Waals surface area (Å²) in [6, 6.07) is 10.5. The Hall–Kier alpha value is -2.81. The number of pyridine rings is 2. The summed E-state index contributed by atoms with van der Waals surface area (Å²) in [6.07, 6.45) is -3.72. The van der Waals surface area contributed by atoms with Crippen molar-refractivity contribution in [3.63, 3.8) is 0 Å². The molecule has 1 saturated heterocycles. The summed E-state index contributed by atoms with van der Waals surface area (Å²) in [5, 5.41) is 3.63. The Balaban J connectivity index is 1.45. The van der Waals surface area contributed by atoms with Crippen molar-refractivity contribution in [2.45, 2.75) is 6.18 Å². The Bertz CT molecular complexity index is 1040. The predicted octanol–water partition coefficient (Wildman–Crippen LogP) is 4.53. The van der Waals surface area contributed by atoms with Crippen LogP contribution in [-0.2, 0) is 6.18 Å². The lowest BCUT2D eigenvalue weighted by Gasteiger charge is -2.24. The molecule has 9 heteroatoms. The van der Waals surface area contributed by atoms with E-state index in [0.29, 0.717) is 29.4 Å². The number of carbonyl (C=O) groups excluding carboxylic acids is 1. The van der Waals surface area contributed by atoms with Crippen molar-refractivity contribution in [3.8, 4) is 11.6 Å². The quantitative estimate of drug-likeness (QED) is 0.658. The van der Waals surface area contributed by atoms with Crippen LogP contribution in [0.4, 0.5) is 13.2 Å². The van der Waals surface area contributed by atoms with Gasteiger partial charge in [-0.15, -0.1) is 0 Å². The van der Waals surface area contributed by atoms with Crippen molar-refractivity contribution in [2.24, 2.45) is 5.92 Å². The van der Waals surface area contributed by atoms with Crippen molar-refractivity contribution < 1.29 is 22.7 Å². The fraction of sp³-hybridized carbons (Fsp3) is 0.250. The standard InChI is InChI=1S/C20H16F3N3O2S/c21-20(22,23)14-2-6-18(24-9-14)28-15-3-5-16-13(7-15)1-4-17(26-16)19(27)25-8-12-10-29-11-12/h1-7,9,12H,8,10-11H2,(H,25,27). The number of thioether (sulfide) groups is 1. The number of halogens is 3. The fourth-order valence-corrected chi connectivity index (χ4v) is 3.56. The number of hydrogen-bond donors (Lipinski definition) is 1. The summed E-state index contributed by atoms with van der Waals surface area (Å²) < 4.78 is 43.3. The highest BCUT2D eigenvalue weighted by molar-refractivity contribution is 8.00. The van der Waals surface area contributed by atoms with E-state index >= 15 is 0 Å². The van der Waals surface area contributed by atoms with Gasteiger partial charge < -0.3 is 10.1 Å². The Kier molecular flexibility index (Phi) is 5.31. The summed E-state index contributed by atoms with van der Waals surface area (Å²) in [5.74, 6) is 2.92. The maximum atomic E-state index is 12.6. The first kappa shape index (κ1) is 19.5. The lowest BCUT2D eigenvalue weighted by atomic mass is 10.1. The van der Waals surface area contributed by atoms with Crippen LogP contribution in [0.2, 0.25) is 0 Å². The van der Waals surface area contributed by atoms with E-state index in [4.69, 9.17) is 4.74 Å². The molecule has 3 aromatic rings. The summed E-state index contributed by atoms with van der Waals surface area (Å²) >= 11 is 1.86. The van der Waals surface area contributed by atoms with Gasteiger partial charge >= 0.3 is 6.18 Å². The molecule has 1 fully saturated rings. The molecule has 3 heterocycles. The zero-order valence-corrected chi connectivity index (χ0v) is 15.9. The average molecular weight is 419 g/mol. The lowest BCUT2D eigenvalue weighted by molar-refractivity contribution is -0.137. The SMILES string of the molecule is O=C(NCC1CSC1)c1ccc2cc(Oc3ccc(C(F)(F)F)cn3)ccc2n1. The third-order valence-electron chi connectivity index (χ3n) is 4.44. The van der Waals surface area contributed by atoms with Gasteiger partial charge in [-0.05, 0) is 47.8 Å². The fourth-order valence-electron chi connectivity index (χ4n) is 2.75. The van der Waals surface area contributed by atoms with Crippen LogP contribution in [0.25, 0.3) is 10.9 Å². The second-order valence-electron chi connectivity index (χ2n) is 6.65. The van der Waals surface area contributed by atoms with Gasteiger partial charge in [0.25, 0.3) is 5.91 Å². The number of fused-ring (bicyclic) bond motifs is 1. The molecule has 0 saturated carbocycles. The molecule has 1 aliphatic rings. The van der Waals surface area contributed by atoms with Crippen molar-refractivity contribution in [2.75, 3.05) is 18.1 Å². The highest BCUT2D eigenvalue weighted by Crippen LogP contribution is 2.30. The number of nitrogens with one attached hydrogen (secondary N) is 1. The van der Waals surface area contributed by atoms with Crippen LogP contribution in [0.3, 0.4) is 0 Å². The van der Waals surface area contributed by atoms with Crippen LogP contribution in [-0.4, -0.2) is 33.9 Å². The summed E-state index contributed by atoms with van der Waals surface area (Å²) in [7, 11) is 0. The van der Waals surface area contributed by atoms with E-state index in [-0.39, 0.29) is 11.8 Å². The minimum atomic E-state index is -4.44. The van der Waals surface area contributed by atoms with Crippen LogP contribution in [0, 0.1) is 5.92 Å². The van der Waals surface area contributed by atoms with Gasteiger partial charge in [0.2, 0.25) is 5.88 Å². The van der Waals surface area contributed by atoms with Crippen LogP contribution in [0.15, 0.2) is 48.7 Å². The highest BCUT2D eigenvalue weighted by Gasteiger charge is 2.30. The number of alkyl halides is 3. The summed E-state index contributed by atoms with van der Waals surface area (Å²) in [5.41, 5.74) is 0.113. The highest BCUT2D eigenvalue weighted by atomic mass is 32.2. The van der Waals surface area contributed by atoms with Gasteiger partial charge in [0.1, 0.15) is 11.4 Å². The van der Waals surface area contributed by atoms with Gasteiger partial charge in [0.05, 0.1) is 11.1 Å². The maximum absolute atomic E-state index is 12.6. The zero-order chi connectivity index (χ0) is 20.4. The molecule has 150 valence electrons. The average Bonchev–Trinajstić information content (AvgIpc) is 2.66. The normalized spacial score (nSPS) is 14.4. The van der Waals surface area contributed by atoms with Crippen molar-refractivity contribution >= 4 is 28.6 Å². The van der Waals surface area contributed by atoms with Crippen molar-refractivity contribution in [1.82, 2.24) is 15.3 Å². The van der Waals surface area contributed by atoms with E-state index in [2.05, 4.69) is 15.3 Å². The van der Waals surface area contributed by atoms with E-state index in [1.165, 1.54) is 6.07 Å². The molecule has 2 aromatic heterocycles. The van der Waals surface area contributed by atoms with E-state index in [1.54, 1.807) is 30.3 Å². The first-order chi connectivity index (χ1) is 13.9. The number of aromatic nitrogens is 2. The molecule has 5 nitrogen and oxygen atoms in total. The van der Waals surface area contributed by atoms with Crippen LogP contribution < -0.4 is 10.1 Å². The van der Waals surface area contributed by atoms with E-state index in [0.717, 1.165) is 29.2 Å². The molecule has 0 radical (unpaired) electrons. The van der Waals surface area contributed by atoms with Crippen molar-refractivity contribution in [1.29, 1.82) is 0 Å². The molecule has 1 N–H and O–H groups in total. The van der Waals surface area contributed by atoms with Gasteiger partial charge in [0, 0.05) is 24.2 Å². The zero-order valence-electron chi connectivity index (χ0n) is 15.1. The summed E-state index contributed by atoms with van der Waals surface area (Å²) in [6.45, 7) is 0.651. The number of carbonyl (C=O) groups is 1. The van der Waals surface area contributed by atoms with E-state index in [1.807, 2.05) is 11.8 Å². The minimum absolute atomic E-state index is 0.0514. The second kappa shape index (κ2) is 7.90. The van der Waals surface area contributed by atoms with Gasteiger partial charge in [-0.25, -0.2) is 9.97 Å². The van der Waals surface area contributed by atoms with Gasteiger partial charge in [-0.1, -0.05) is 6.07 Å². The van der Waals surface area contributed by atoms with Crippen LogP contribution >= 0.6 is 11.8 Å². The monoisotopic (exact) mass is 419 g/mol. The van der Waals surface area contributed by atoms with Gasteiger partial charge in [0.15, 0.2) is 0 Å². The van der Waals surface area contributed by atoms with E-state index in [9.17, 15) is 18.0 Å². The Labute approximate surface area is 168 Å². The molecule has 0 bridgehead atoms. The molecule has 0 unspecified atom stereocenters. The number of ether oxygens (including phenoxy) is 1. The first-order valence-electron chi connectivity index (χ1n) is 8.86. The Morgan fingerprint density at radius 3 is 2.66 bits per heavy atom. The molecule has 1 aliphatic heterocycles. The lowest BCUT2D eigenvalue weighted by Crippen LogP contribution is -2.35. The Morgan fingerprint density at radius 2 is 2.00 bits per heavy atom.